The maximum Gasteiger partial charge on any atom is 0.307 e. The van der Waals surface area contributed by atoms with Crippen LogP contribution in [0.3, 0.4) is 0 Å². The zero-order valence-electron chi connectivity index (χ0n) is 15.9. The number of carbonyl (C=O) groups excluding carboxylic acids is 3. The van der Waals surface area contributed by atoms with Crippen LogP contribution in [0.25, 0.3) is 0 Å². The van der Waals surface area contributed by atoms with E-state index in [0.717, 1.165) is 0 Å². The molecule has 2 aromatic rings. The Kier molecular flexibility index (Phi) is 7.16. The van der Waals surface area contributed by atoms with Crippen molar-refractivity contribution in [1.29, 1.82) is 0 Å². The summed E-state index contributed by atoms with van der Waals surface area (Å²) in [5.74, 6) is -0.352. The summed E-state index contributed by atoms with van der Waals surface area (Å²) in [4.78, 5) is 49.2. The highest BCUT2D eigenvalue weighted by Gasteiger charge is 2.28. The highest BCUT2D eigenvalue weighted by molar-refractivity contribution is 7.18. The Morgan fingerprint density at radius 2 is 1.83 bits per heavy atom. The molecule has 0 saturated carbocycles. The third-order valence-corrected chi connectivity index (χ3v) is 5.76. The van der Waals surface area contributed by atoms with Gasteiger partial charge in [-0.3, -0.25) is 14.4 Å². The van der Waals surface area contributed by atoms with Gasteiger partial charge in [-0.25, -0.2) is 9.97 Å². The van der Waals surface area contributed by atoms with Crippen LogP contribution in [0.4, 0.5) is 5.95 Å². The van der Waals surface area contributed by atoms with E-state index in [1.54, 1.807) is 42.4 Å². The normalized spacial score (nSPS) is 15.1. The van der Waals surface area contributed by atoms with Crippen molar-refractivity contribution in [2.45, 2.75) is 25.9 Å². The van der Waals surface area contributed by atoms with Crippen molar-refractivity contribution in [1.82, 2.24) is 14.9 Å². The van der Waals surface area contributed by atoms with Crippen LogP contribution in [0.15, 0.2) is 30.6 Å². The molecule has 0 spiro atoms. The van der Waals surface area contributed by atoms with Crippen LogP contribution in [-0.4, -0.2) is 64.8 Å². The molecule has 1 saturated heterocycles. The predicted molar refractivity (Wildman–Crippen MR) is 109 cm³/mol. The zero-order chi connectivity index (χ0) is 20.8. The minimum atomic E-state index is -0.895. The van der Waals surface area contributed by atoms with Crippen LogP contribution in [0.5, 0.6) is 0 Å². The number of hydrogen-bond acceptors (Lipinski definition) is 8. The summed E-state index contributed by atoms with van der Waals surface area (Å²) in [6.45, 7) is 3.75. The van der Waals surface area contributed by atoms with E-state index in [2.05, 4.69) is 9.97 Å². The van der Waals surface area contributed by atoms with Gasteiger partial charge in [0.15, 0.2) is 11.9 Å². The van der Waals surface area contributed by atoms with E-state index >= 15 is 0 Å². The van der Waals surface area contributed by atoms with E-state index in [9.17, 15) is 14.4 Å². The number of halogens is 1. The quantitative estimate of drug-likeness (QED) is 0.486. The minimum Gasteiger partial charge on any atom is -0.453 e. The highest BCUT2D eigenvalue weighted by Crippen LogP contribution is 2.23. The van der Waals surface area contributed by atoms with Gasteiger partial charge >= 0.3 is 5.97 Å². The fraction of sp³-hybridized carbons (Fsp3) is 0.421. The molecule has 2 aromatic heterocycles. The van der Waals surface area contributed by atoms with Gasteiger partial charge in [0, 0.05) is 45.0 Å². The Morgan fingerprint density at radius 1 is 1.14 bits per heavy atom. The van der Waals surface area contributed by atoms with Gasteiger partial charge in [0.25, 0.3) is 5.91 Å². The molecular formula is C19H21ClN4O4S. The average molecular weight is 437 g/mol. The summed E-state index contributed by atoms with van der Waals surface area (Å²) >= 11 is 6.98. The number of rotatable bonds is 7. The Hall–Kier alpha value is -2.52. The zero-order valence-corrected chi connectivity index (χ0v) is 17.5. The lowest BCUT2D eigenvalue weighted by Crippen LogP contribution is -2.52. The third-order valence-electron chi connectivity index (χ3n) is 4.49. The van der Waals surface area contributed by atoms with E-state index in [-0.39, 0.29) is 24.5 Å². The van der Waals surface area contributed by atoms with Crippen LogP contribution in [-0.2, 0) is 14.3 Å². The monoisotopic (exact) mass is 436 g/mol. The predicted octanol–water partition coefficient (Wildman–Crippen LogP) is 2.43. The summed E-state index contributed by atoms with van der Waals surface area (Å²) in [5.41, 5.74) is 0. The van der Waals surface area contributed by atoms with Gasteiger partial charge in [-0.2, -0.15) is 0 Å². The molecule has 1 atom stereocenters. The van der Waals surface area contributed by atoms with Crippen molar-refractivity contribution in [3.8, 4) is 0 Å². The van der Waals surface area contributed by atoms with Gasteiger partial charge in [-0.1, -0.05) is 11.6 Å². The molecule has 10 heteroatoms. The Labute approximate surface area is 177 Å². The second-order valence-electron chi connectivity index (χ2n) is 6.52. The maximum absolute atomic E-state index is 12.6. The Balaban J connectivity index is 1.42. The third kappa shape index (κ3) is 5.74. The second kappa shape index (κ2) is 9.80. The van der Waals surface area contributed by atoms with E-state index < -0.39 is 12.1 Å². The van der Waals surface area contributed by atoms with Crippen LogP contribution < -0.4 is 4.90 Å². The molecule has 0 radical (unpaired) electrons. The van der Waals surface area contributed by atoms with Crippen molar-refractivity contribution in [2.75, 3.05) is 31.1 Å². The second-order valence-corrected chi connectivity index (χ2v) is 8.24. The first kappa shape index (κ1) is 21.2. The van der Waals surface area contributed by atoms with Crippen molar-refractivity contribution in [2.24, 2.45) is 0 Å². The SMILES string of the molecule is CC(OC(=O)CCC(=O)c1ccc(Cl)s1)C(=O)N1CCN(c2ncccn2)CC1. The van der Waals surface area contributed by atoms with Crippen LogP contribution in [0.1, 0.15) is 29.4 Å². The minimum absolute atomic E-state index is 0.0202. The number of thiophene rings is 1. The fourth-order valence-electron chi connectivity index (χ4n) is 2.95. The van der Waals surface area contributed by atoms with Gasteiger partial charge < -0.3 is 14.5 Å². The van der Waals surface area contributed by atoms with Crippen LogP contribution in [0, 0.1) is 0 Å². The Morgan fingerprint density at radius 3 is 2.45 bits per heavy atom. The first-order chi connectivity index (χ1) is 13.9. The summed E-state index contributed by atoms with van der Waals surface area (Å²) in [5, 5.41) is 0. The number of ketones is 1. The van der Waals surface area contributed by atoms with E-state index in [4.69, 9.17) is 16.3 Å². The van der Waals surface area contributed by atoms with E-state index in [0.29, 0.717) is 41.3 Å². The van der Waals surface area contributed by atoms with Crippen molar-refractivity contribution >= 4 is 46.5 Å². The molecule has 0 N–H and O–H groups in total. The topological polar surface area (TPSA) is 92.7 Å². The molecule has 1 fully saturated rings. The molecule has 0 aromatic carbocycles. The van der Waals surface area contributed by atoms with Crippen LogP contribution in [0.2, 0.25) is 4.34 Å². The lowest BCUT2D eigenvalue weighted by Gasteiger charge is -2.35. The summed E-state index contributed by atoms with van der Waals surface area (Å²) in [7, 11) is 0. The first-order valence-electron chi connectivity index (χ1n) is 9.23. The Bertz CT molecular complexity index is 868. The molecule has 1 aliphatic rings. The number of esters is 1. The molecular weight excluding hydrogens is 416 g/mol. The molecule has 3 rings (SSSR count). The lowest BCUT2D eigenvalue weighted by molar-refractivity contribution is -0.159. The summed E-state index contributed by atoms with van der Waals surface area (Å²) in [6.07, 6.45) is 2.41. The number of ether oxygens (including phenoxy) is 1. The number of Topliss-reactive ketones (excluding diaryl/α,β-unsaturated/α-hetero) is 1. The highest BCUT2D eigenvalue weighted by atomic mass is 35.5. The van der Waals surface area contributed by atoms with Gasteiger partial charge in [0.05, 0.1) is 15.6 Å². The summed E-state index contributed by atoms with van der Waals surface area (Å²) < 4.78 is 5.75. The van der Waals surface area contributed by atoms with Crippen LogP contribution >= 0.6 is 22.9 Å². The lowest BCUT2D eigenvalue weighted by atomic mass is 10.2. The van der Waals surface area contributed by atoms with Crippen molar-refractivity contribution in [3.05, 3.63) is 39.8 Å². The number of nitrogens with zero attached hydrogens (tertiary/aromatic N) is 4. The molecule has 154 valence electrons. The van der Waals surface area contributed by atoms with Gasteiger partial charge in [0.2, 0.25) is 5.95 Å². The number of piperazine rings is 1. The maximum atomic E-state index is 12.6. The molecule has 1 unspecified atom stereocenters. The molecule has 0 bridgehead atoms. The number of amides is 1. The molecule has 1 amide bonds. The molecule has 3 heterocycles. The largest absolute Gasteiger partial charge is 0.453 e. The van der Waals surface area contributed by atoms with E-state index in [1.165, 1.54) is 11.3 Å². The van der Waals surface area contributed by atoms with Gasteiger partial charge in [-0.15, -0.1) is 11.3 Å². The average Bonchev–Trinajstić information content (AvgIpc) is 3.18. The molecule has 0 aliphatic carbocycles. The molecule has 1 aliphatic heterocycles. The molecule has 8 nitrogen and oxygen atoms in total. The first-order valence-corrected chi connectivity index (χ1v) is 10.4. The smallest absolute Gasteiger partial charge is 0.307 e. The van der Waals surface area contributed by atoms with E-state index in [1.807, 2.05) is 4.90 Å². The number of aromatic nitrogens is 2. The number of hydrogen-bond donors (Lipinski definition) is 0. The summed E-state index contributed by atoms with van der Waals surface area (Å²) in [6, 6.07) is 5.03. The van der Waals surface area contributed by atoms with Crippen molar-refractivity contribution in [3.63, 3.8) is 0 Å². The standard InChI is InChI=1S/C19H21ClN4O4S/c1-13(28-17(26)6-3-14(25)15-4-5-16(20)29-15)18(27)23-9-11-24(12-10-23)19-21-7-2-8-22-19/h2,4-5,7-8,13H,3,6,9-12H2,1H3. The van der Waals surface area contributed by atoms with Crippen molar-refractivity contribution < 1.29 is 19.1 Å². The number of carbonyl (C=O) groups is 3. The number of anilines is 1. The molecule has 29 heavy (non-hydrogen) atoms. The van der Waals surface area contributed by atoms with Gasteiger partial charge in [0.1, 0.15) is 0 Å². The fourth-order valence-corrected chi connectivity index (χ4v) is 3.96. The van der Waals surface area contributed by atoms with Gasteiger partial charge in [-0.05, 0) is 25.1 Å².